The zero-order valence-electron chi connectivity index (χ0n) is 12.2. The molecule has 1 fully saturated rings. The van der Waals surface area contributed by atoms with Gasteiger partial charge in [-0.15, -0.1) is 0 Å². The number of carbonyl (C=O) groups excluding carboxylic acids is 1. The third-order valence-electron chi connectivity index (χ3n) is 3.66. The number of sulfonamides is 1. The fourth-order valence-electron chi connectivity index (χ4n) is 2.50. The summed E-state index contributed by atoms with van der Waals surface area (Å²) in [6, 6.07) is 6.49. The SMILES string of the molecule is C[C@@H]1CN(C(=O)CN2C=Nc3ccccc3S2(=O)=O)CCO1. The van der Waals surface area contributed by atoms with Crippen molar-refractivity contribution in [3.05, 3.63) is 24.3 Å². The van der Waals surface area contributed by atoms with Crippen LogP contribution < -0.4 is 0 Å². The van der Waals surface area contributed by atoms with Gasteiger partial charge in [0.05, 0.1) is 18.4 Å². The fraction of sp³-hybridized carbons (Fsp3) is 0.429. The molecule has 0 bridgehead atoms. The third-order valence-corrected chi connectivity index (χ3v) is 5.40. The first-order valence-corrected chi connectivity index (χ1v) is 8.47. The van der Waals surface area contributed by atoms with Gasteiger partial charge in [-0.2, -0.15) is 0 Å². The van der Waals surface area contributed by atoms with E-state index in [1.807, 2.05) is 6.92 Å². The second-order valence-electron chi connectivity index (χ2n) is 5.28. The number of amides is 1. The molecule has 1 amide bonds. The van der Waals surface area contributed by atoms with Gasteiger partial charge >= 0.3 is 0 Å². The molecule has 118 valence electrons. The van der Waals surface area contributed by atoms with Crippen LogP contribution in [0.3, 0.4) is 0 Å². The van der Waals surface area contributed by atoms with Gasteiger partial charge in [-0.25, -0.2) is 17.7 Å². The number of para-hydroxylation sites is 1. The highest BCUT2D eigenvalue weighted by Crippen LogP contribution is 2.29. The molecule has 8 heteroatoms. The Bertz CT molecular complexity index is 717. The molecule has 7 nitrogen and oxygen atoms in total. The van der Waals surface area contributed by atoms with Crippen molar-refractivity contribution in [2.75, 3.05) is 26.2 Å². The lowest BCUT2D eigenvalue weighted by Crippen LogP contribution is -2.49. The van der Waals surface area contributed by atoms with Crippen LogP contribution in [0.15, 0.2) is 34.2 Å². The fourth-order valence-corrected chi connectivity index (χ4v) is 3.84. The highest BCUT2D eigenvalue weighted by molar-refractivity contribution is 7.89. The van der Waals surface area contributed by atoms with E-state index >= 15 is 0 Å². The van der Waals surface area contributed by atoms with Crippen LogP contribution >= 0.6 is 0 Å². The van der Waals surface area contributed by atoms with Gasteiger partial charge in [0.1, 0.15) is 17.8 Å². The van der Waals surface area contributed by atoms with Crippen molar-refractivity contribution >= 4 is 28.0 Å². The van der Waals surface area contributed by atoms with E-state index < -0.39 is 10.0 Å². The zero-order chi connectivity index (χ0) is 15.7. The Morgan fingerprint density at radius 2 is 2.18 bits per heavy atom. The maximum Gasteiger partial charge on any atom is 0.267 e. The highest BCUT2D eigenvalue weighted by Gasteiger charge is 2.31. The Morgan fingerprint density at radius 3 is 2.95 bits per heavy atom. The minimum Gasteiger partial charge on any atom is -0.375 e. The van der Waals surface area contributed by atoms with E-state index in [0.29, 0.717) is 25.4 Å². The van der Waals surface area contributed by atoms with Crippen LogP contribution in [0.2, 0.25) is 0 Å². The molecule has 3 rings (SSSR count). The van der Waals surface area contributed by atoms with Crippen LogP contribution in [-0.4, -0.2) is 62.2 Å². The van der Waals surface area contributed by atoms with E-state index in [9.17, 15) is 13.2 Å². The largest absolute Gasteiger partial charge is 0.375 e. The minimum atomic E-state index is -3.72. The molecule has 2 aliphatic rings. The number of carbonyl (C=O) groups is 1. The highest BCUT2D eigenvalue weighted by atomic mass is 32.2. The van der Waals surface area contributed by atoms with Gasteiger partial charge in [-0.1, -0.05) is 12.1 Å². The normalized spacial score (nSPS) is 23.2. The lowest BCUT2D eigenvalue weighted by molar-refractivity contribution is -0.137. The number of ether oxygens (including phenoxy) is 1. The van der Waals surface area contributed by atoms with Crippen LogP contribution in [-0.2, 0) is 19.6 Å². The Morgan fingerprint density at radius 1 is 1.41 bits per heavy atom. The molecule has 0 saturated carbocycles. The monoisotopic (exact) mass is 323 g/mol. The van der Waals surface area contributed by atoms with Crippen molar-refractivity contribution in [3.8, 4) is 0 Å². The van der Waals surface area contributed by atoms with Crippen molar-refractivity contribution < 1.29 is 17.9 Å². The average molecular weight is 323 g/mol. The van der Waals surface area contributed by atoms with Gasteiger partial charge in [0, 0.05) is 13.1 Å². The molecule has 0 unspecified atom stereocenters. The molecule has 1 aromatic rings. The first-order valence-electron chi connectivity index (χ1n) is 7.03. The van der Waals surface area contributed by atoms with Gasteiger partial charge in [0.25, 0.3) is 10.0 Å². The molecule has 0 spiro atoms. The lowest BCUT2D eigenvalue weighted by atomic mass is 10.3. The molecule has 1 saturated heterocycles. The summed E-state index contributed by atoms with van der Waals surface area (Å²) in [4.78, 5) is 18.2. The van der Waals surface area contributed by atoms with E-state index in [1.54, 1.807) is 23.1 Å². The molecular formula is C14H17N3O4S. The number of hydrogen-bond acceptors (Lipinski definition) is 5. The first-order chi connectivity index (χ1) is 10.5. The Hall–Kier alpha value is -1.93. The van der Waals surface area contributed by atoms with Gasteiger partial charge < -0.3 is 9.64 Å². The van der Waals surface area contributed by atoms with Gasteiger partial charge in [0.15, 0.2) is 0 Å². The van der Waals surface area contributed by atoms with Crippen molar-refractivity contribution in [3.63, 3.8) is 0 Å². The molecule has 1 aromatic carbocycles. The first kappa shape index (κ1) is 15.0. The number of rotatable bonds is 2. The number of fused-ring (bicyclic) bond motifs is 1. The zero-order valence-corrected chi connectivity index (χ0v) is 13.0. The average Bonchev–Trinajstić information content (AvgIpc) is 2.50. The molecule has 0 N–H and O–H groups in total. The molecular weight excluding hydrogens is 306 g/mol. The number of morpholine rings is 1. The summed E-state index contributed by atoms with van der Waals surface area (Å²) in [7, 11) is -3.72. The summed E-state index contributed by atoms with van der Waals surface area (Å²) in [6.45, 7) is 3.06. The van der Waals surface area contributed by atoms with Crippen molar-refractivity contribution in [1.82, 2.24) is 9.21 Å². The van der Waals surface area contributed by atoms with Gasteiger partial charge in [0.2, 0.25) is 5.91 Å². The Labute approximate surface area is 129 Å². The molecule has 0 radical (unpaired) electrons. The van der Waals surface area contributed by atoms with E-state index in [1.165, 1.54) is 12.4 Å². The van der Waals surface area contributed by atoms with Crippen molar-refractivity contribution in [1.29, 1.82) is 0 Å². The van der Waals surface area contributed by atoms with E-state index in [-0.39, 0.29) is 23.5 Å². The number of hydrogen-bond donors (Lipinski definition) is 0. The van der Waals surface area contributed by atoms with Gasteiger partial charge in [-0.05, 0) is 19.1 Å². The van der Waals surface area contributed by atoms with E-state index in [4.69, 9.17) is 4.74 Å². The van der Waals surface area contributed by atoms with Crippen molar-refractivity contribution in [2.24, 2.45) is 4.99 Å². The molecule has 2 heterocycles. The summed E-state index contributed by atoms with van der Waals surface area (Å²) in [5.41, 5.74) is 0.395. The van der Waals surface area contributed by atoms with Crippen LogP contribution in [0.1, 0.15) is 6.92 Å². The maximum absolute atomic E-state index is 12.5. The second-order valence-corrected chi connectivity index (χ2v) is 7.14. The van der Waals surface area contributed by atoms with Crippen LogP contribution in [0.25, 0.3) is 0 Å². The maximum atomic E-state index is 12.5. The molecule has 2 aliphatic heterocycles. The molecule has 22 heavy (non-hydrogen) atoms. The molecule has 0 aliphatic carbocycles. The van der Waals surface area contributed by atoms with Crippen molar-refractivity contribution in [2.45, 2.75) is 17.9 Å². The van der Waals surface area contributed by atoms with Crippen LogP contribution in [0.5, 0.6) is 0 Å². The summed E-state index contributed by atoms with van der Waals surface area (Å²) in [5, 5.41) is 0. The van der Waals surface area contributed by atoms with E-state index in [2.05, 4.69) is 4.99 Å². The summed E-state index contributed by atoms with van der Waals surface area (Å²) in [6.07, 6.45) is 1.17. The standard InChI is InChI=1S/C14H17N3O4S/c1-11-8-16(6-7-21-11)14(18)9-17-10-15-12-4-2-3-5-13(12)22(17,19)20/h2-5,10-11H,6-9H2,1H3/t11-/m1/s1. The van der Waals surface area contributed by atoms with Gasteiger partial charge in [-0.3, -0.25) is 4.79 Å². The predicted molar refractivity (Wildman–Crippen MR) is 80.5 cm³/mol. The van der Waals surface area contributed by atoms with Crippen LogP contribution in [0.4, 0.5) is 5.69 Å². The number of benzene rings is 1. The third kappa shape index (κ3) is 2.71. The Balaban J connectivity index is 1.78. The molecule has 0 aromatic heterocycles. The number of nitrogens with zero attached hydrogens (tertiary/aromatic N) is 3. The Kier molecular flexibility index (Phi) is 3.88. The summed E-state index contributed by atoms with van der Waals surface area (Å²) in [5.74, 6) is -0.246. The van der Waals surface area contributed by atoms with Crippen LogP contribution in [0, 0.1) is 0 Å². The second kappa shape index (κ2) is 5.69. The topological polar surface area (TPSA) is 79.3 Å². The molecule has 1 atom stereocenters. The minimum absolute atomic E-state index is 0.0370. The predicted octanol–water partition coefficient (Wildman–Crippen LogP) is 0.598. The smallest absolute Gasteiger partial charge is 0.267 e. The van der Waals surface area contributed by atoms with E-state index in [0.717, 1.165) is 4.31 Å². The summed E-state index contributed by atoms with van der Waals surface area (Å²) < 4.78 is 31.4. The summed E-state index contributed by atoms with van der Waals surface area (Å²) >= 11 is 0. The quantitative estimate of drug-likeness (QED) is 0.798. The number of aliphatic imine (C=N–C) groups is 1. The lowest BCUT2D eigenvalue weighted by Gasteiger charge is -2.33.